The molecule has 6 heteroatoms. The molecular formula is C20H21FN4O. The predicted molar refractivity (Wildman–Crippen MR) is 103 cm³/mol. The van der Waals surface area contributed by atoms with Crippen molar-refractivity contribution in [1.29, 1.82) is 0 Å². The van der Waals surface area contributed by atoms with Crippen molar-refractivity contribution in [2.45, 2.75) is 13.0 Å². The Morgan fingerprint density at radius 3 is 2.69 bits per heavy atom. The van der Waals surface area contributed by atoms with E-state index in [4.69, 9.17) is 0 Å². The summed E-state index contributed by atoms with van der Waals surface area (Å²) in [6, 6.07) is 13.3. The monoisotopic (exact) mass is 352 g/mol. The van der Waals surface area contributed by atoms with Crippen LogP contribution in [0.5, 0.6) is 5.75 Å². The molecule has 0 radical (unpaired) electrons. The molecule has 0 aliphatic carbocycles. The van der Waals surface area contributed by atoms with Gasteiger partial charge in [0.1, 0.15) is 17.4 Å². The predicted octanol–water partition coefficient (Wildman–Crippen LogP) is 3.44. The fourth-order valence-corrected chi connectivity index (χ4v) is 2.76. The highest BCUT2D eigenvalue weighted by atomic mass is 19.1. The summed E-state index contributed by atoms with van der Waals surface area (Å²) < 4.78 is 13.5. The first-order valence-electron chi connectivity index (χ1n) is 8.28. The Labute approximate surface area is 152 Å². The van der Waals surface area contributed by atoms with E-state index in [0.29, 0.717) is 5.69 Å². The molecule has 0 aromatic heterocycles. The van der Waals surface area contributed by atoms with Crippen molar-refractivity contribution in [2.24, 2.45) is 4.99 Å². The number of anilines is 1. The van der Waals surface area contributed by atoms with Crippen molar-refractivity contribution in [3.63, 3.8) is 0 Å². The number of aliphatic imine (C=N–C) groups is 1. The molecule has 0 saturated heterocycles. The summed E-state index contributed by atoms with van der Waals surface area (Å²) in [6.07, 6.45) is 3.60. The van der Waals surface area contributed by atoms with Crippen molar-refractivity contribution in [3.8, 4) is 5.75 Å². The lowest BCUT2D eigenvalue weighted by Gasteiger charge is -2.16. The van der Waals surface area contributed by atoms with Gasteiger partial charge < -0.3 is 21.1 Å². The average molecular weight is 352 g/mol. The molecule has 1 heterocycles. The Bertz CT molecular complexity index is 872. The number of phenols is 1. The quantitative estimate of drug-likeness (QED) is 0.492. The lowest BCUT2D eigenvalue weighted by Crippen LogP contribution is -2.26. The van der Waals surface area contributed by atoms with Gasteiger partial charge in [-0.05, 0) is 61.0 Å². The van der Waals surface area contributed by atoms with E-state index in [1.807, 2.05) is 25.1 Å². The van der Waals surface area contributed by atoms with Crippen LogP contribution in [0.4, 0.5) is 10.1 Å². The Morgan fingerprint density at radius 1 is 1.23 bits per heavy atom. The van der Waals surface area contributed by atoms with Crippen LogP contribution in [-0.4, -0.2) is 24.5 Å². The summed E-state index contributed by atoms with van der Waals surface area (Å²) in [5.41, 5.74) is 3.54. The zero-order valence-electron chi connectivity index (χ0n) is 14.6. The summed E-state index contributed by atoms with van der Waals surface area (Å²) in [4.78, 5) is 3.96. The molecule has 1 atom stereocenters. The highest BCUT2D eigenvalue weighted by Crippen LogP contribution is 2.27. The van der Waals surface area contributed by atoms with Crippen LogP contribution in [0.1, 0.15) is 12.5 Å². The van der Waals surface area contributed by atoms with E-state index < -0.39 is 0 Å². The maximum atomic E-state index is 13.5. The van der Waals surface area contributed by atoms with Gasteiger partial charge in [-0.3, -0.25) is 4.99 Å². The molecule has 1 aliphatic heterocycles. The molecule has 26 heavy (non-hydrogen) atoms. The molecule has 2 aromatic rings. The van der Waals surface area contributed by atoms with Crippen LogP contribution >= 0.6 is 0 Å². The van der Waals surface area contributed by atoms with E-state index in [1.54, 1.807) is 37.7 Å². The fraction of sp³-hybridized carbons (Fsp3) is 0.150. The minimum Gasteiger partial charge on any atom is -0.508 e. The summed E-state index contributed by atoms with van der Waals surface area (Å²) in [5, 5.41) is 19.2. The van der Waals surface area contributed by atoms with E-state index in [9.17, 15) is 9.50 Å². The Morgan fingerprint density at radius 2 is 2.00 bits per heavy atom. The second kappa shape index (κ2) is 7.74. The second-order valence-electron chi connectivity index (χ2n) is 5.97. The maximum Gasteiger partial charge on any atom is 0.125 e. The molecule has 0 spiro atoms. The van der Waals surface area contributed by atoms with Gasteiger partial charge in [-0.1, -0.05) is 6.07 Å². The first-order chi connectivity index (χ1) is 12.6. The molecule has 5 nitrogen and oxygen atoms in total. The number of aromatic hydroxyl groups is 1. The van der Waals surface area contributed by atoms with E-state index in [2.05, 4.69) is 20.9 Å². The summed E-state index contributed by atoms with van der Waals surface area (Å²) in [5.74, 6) is 0.641. The molecule has 4 N–H and O–H groups in total. The lowest BCUT2D eigenvalue weighted by atomic mass is 10.1. The number of nitrogens with zero attached hydrogens (tertiary/aromatic N) is 1. The molecule has 0 saturated carbocycles. The number of rotatable bonds is 5. The third-order valence-corrected chi connectivity index (χ3v) is 4.04. The van der Waals surface area contributed by atoms with Crippen molar-refractivity contribution >= 4 is 17.7 Å². The van der Waals surface area contributed by atoms with Gasteiger partial charge in [0.15, 0.2) is 0 Å². The smallest absolute Gasteiger partial charge is 0.125 e. The van der Waals surface area contributed by atoms with E-state index in [-0.39, 0.29) is 17.6 Å². The normalized spacial score (nSPS) is 18.4. The van der Waals surface area contributed by atoms with Gasteiger partial charge in [0, 0.05) is 24.0 Å². The Hall–Kier alpha value is -3.28. The van der Waals surface area contributed by atoms with Crippen LogP contribution in [-0.2, 0) is 0 Å². The van der Waals surface area contributed by atoms with E-state index >= 15 is 0 Å². The number of benzene rings is 2. The highest BCUT2D eigenvalue weighted by Gasteiger charge is 2.21. The summed E-state index contributed by atoms with van der Waals surface area (Å²) in [7, 11) is 1.67. The van der Waals surface area contributed by atoms with E-state index in [0.717, 1.165) is 22.7 Å². The SMILES string of the molecule is CN=CN/C(Nc1cccc(F)c1)=C1/C=C(c2ccc(O)cc2)NC1C. The molecule has 1 unspecified atom stereocenters. The van der Waals surface area contributed by atoms with Crippen molar-refractivity contribution < 1.29 is 9.50 Å². The Kier molecular flexibility index (Phi) is 5.22. The van der Waals surface area contributed by atoms with Crippen LogP contribution in [0.3, 0.4) is 0 Å². The average Bonchev–Trinajstić information content (AvgIpc) is 3.01. The van der Waals surface area contributed by atoms with Crippen LogP contribution in [0.25, 0.3) is 5.70 Å². The molecule has 134 valence electrons. The van der Waals surface area contributed by atoms with Crippen molar-refractivity contribution in [3.05, 3.63) is 77.4 Å². The van der Waals surface area contributed by atoms with Gasteiger partial charge in [0.2, 0.25) is 0 Å². The number of halogens is 1. The first-order valence-corrected chi connectivity index (χ1v) is 8.28. The molecule has 2 aromatic carbocycles. The number of phenolic OH excluding ortho intramolecular Hbond substituents is 1. The fourth-order valence-electron chi connectivity index (χ4n) is 2.76. The molecular weight excluding hydrogens is 331 g/mol. The number of hydrogen-bond donors (Lipinski definition) is 4. The standard InChI is InChI=1S/C20H21FN4O/c1-13-18(11-19(24-13)14-6-8-17(26)9-7-14)20(23-12-22-2)25-16-5-3-4-15(21)10-16/h3-13,24-26H,1-2H3,(H,22,23)/b20-18+. The maximum absolute atomic E-state index is 13.5. The lowest BCUT2D eigenvalue weighted by molar-refractivity contribution is 0.475. The zero-order valence-corrected chi connectivity index (χ0v) is 14.6. The van der Waals surface area contributed by atoms with Crippen molar-refractivity contribution in [2.75, 3.05) is 12.4 Å². The van der Waals surface area contributed by atoms with Crippen LogP contribution < -0.4 is 16.0 Å². The molecule has 1 aliphatic rings. The minimum absolute atomic E-state index is 0.0348. The van der Waals surface area contributed by atoms with Gasteiger partial charge in [-0.2, -0.15) is 0 Å². The van der Waals surface area contributed by atoms with Gasteiger partial charge in [0.25, 0.3) is 0 Å². The first kappa shape index (κ1) is 17.5. The second-order valence-corrected chi connectivity index (χ2v) is 5.97. The van der Waals surface area contributed by atoms with Gasteiger partial charge >= 0.3 is 0 Å². The van der Waals surface area contributed by atoms with Gasteiger partial charge in [-0.25, -0.2) is 4.39 Å². The highest BCUT2D eigenvalue weighted by molar-refractivity contribution is 5.73. The topological polar surface area (TPSA) is 68.7 Å². The number of hydrogen-bond acceptors (Lipinski definition) is 4. The van der Waals surface area contributed by atoms with E-state index in [1.165, 1.54) is 12.1 Å². The summed E-state index contributed by atoms with van der Waals surface area (Å²) >= 11 is 0. The molecule has 0 amide bonds. The largest absolute Gasteiger partial charge is 0.508 e. The minimum atomic E-state index is -0.304. The van der Waals surface area contributed by atoms with Crippen LogP contribution in [0.15, 0.2) is 71.0 Å². The van der Waals surface area contributed by atoms with Crippen LogP contribution in [0, 0.1) is 5.82 Å². The molecule has 0 bridgehead atoms. The third kappa shape index (κ3) is 4.03. The van der Waals surface area contributed by atoms with Crippen LogP contribution in [0.2, 0.25) is 0 Å². The molecule has 3 rings (SSSR count). The number of nitrogens with one attached hydrogen (secondary N) is 3. The third-order valence-electron chi connectivity index (χ3n) is 4.04. The summed E-state index contributed by atoms with van der Waals surface area (Å²) in [6.45, 7) is 2.04. The van der Waals surface area contributed by atoms with Gasteiger partial charge in [-0.15, -0.1) is 0 Å². The van der Waals surface area contributed by atoms with Crippen molar-refractivity contribution in [1.82, 2.24) is 10.6 Å². The van der Waals surface area contributed by atoms with Gasteiger partial charge in [0.05, 0.1) is 12.4 Å². The Balaban J connectivity index is 1.96. The zero-order chi connectivity index (χ0) is 18.5. The molecule has 0 fully saturated rings.